The van der Waals surface area contributed by atoms with Crippen LogP contribution in [0.2, 0.25) is 0 Å². The van der Waals surface area contributed by atoms with Crippen LogP contribution in [0.1, 0.15) is 37.3 Å². The van der Waals surface area contributed by atoms with E-state index in [0.717, 1.165) is 21.9 Å². The van der Waals surface area contributed by atoms with E-state index in [1.807, 2.05) is 110 Å². The number of rotatable bonds is 10. The van der Waals surface area contributed by atoms with Gasteiger partial charge in [-0.25, -0.2) is 0 Å². The summed E-state index contributed by atoms with van der Waals surface area (Å²) >= 11 is 0. The van der Waals surface area contributed by atoms with E-state index in [9.17, 15) is 19.5 Å². The molecule has 3 aliphatic heterocycles. The first kappa shape index (κ1) is 30.1. The maximum atomic E-state index is 14.7. The summed E-state index contributed by atoms with van der Waals surface area (Å²) < 4.78 is 6.93. The van der Waals surface area contributed by atoms with E-state index in [1.54, 1.807) is 0 Å². The lowest BCUT2D eigenvalue weighted by Gasteiger charge is -2.37. The third-order valence-electron chi connectivity index (χ3n) is 10.4. The Morgan fingerprint density at radius 2 is 1.57 bits per heavy atom. The number of hydrogen-bond donors (Lipinski definition) is 3. The third kappa shape index (κ3) is 4.96. The number of aliphatic hydroxyl groups is 1. The first-order valence-corrected chi connectivity index (χ1v) is 16.2. The predicted molar refractivity (Wildman–Crippen MR) is 176 cm³/mol. The molecule has 2 unspecified atom stereocenters. The van der Waals surface area contributed by atoms with E-state index in [-0.39, 0.29) is 24.3 Å². The Kier molecular flexibility index (Phi) is 7.87. The van der Waals surface area contributed by atoms with Crippen LogP contribution in [0.4, 0.5) is 5.69 Å². The molecule has 7 rings (SSSR count). The second-order valence-electron chi connectivity index (χ2n) is 12.9. The average molecular weight is 618 g/mol. The van der Waals surface area contributed by atoms with Crippen LogP contribution in [0.5, 0.6) is 0 Å². The number of carbonyl (C=O) groups is 3. The van der Waals surface area contributed by atoms with Gasteiger partial charge in [0.15, 0.2) is 0 Å². The number of carbonyl (C=O) groups excluding carboxylic acids is 3. The van der Waals surface area contributed by atoms with Gasteiger partial charge in [0.1, 0.15) is 11.6 Å². The number of fused-ring (bicyclic) bond motifs is 2. The Morgan fingerprint density at radius 1 is 0.891 bits per heavy atom. The summed E-state index contributed by atoms with van der Waals surface area (Å²) in [6.07, 6.45) is 1.92. The molecule has 0 radical (unpaired) electrons. The molecule has 46 heavy (non-hydrogen) atoms. The standard InChI is InChI=1S/C38H39N3O5/c1-2-37-19-20-38(46-37)32(31(37)34(43)39-23-26-13-7-4-8-14-26)36(45)41(30(24-42)21-25-11-5-3-6-12-25)33(38)35(44)40-29-18-17-27-15-9-10-16-28(27)22-29/h3-18,22,30-33,42H,2,19-21,23-24H2,1H3,(H,39,43)(H,40,44)/t30-,31+,32+,33?,37-,38?/m1/s1. The minimum Gasteiger partial charge on any atom is -0.394 e. The van der Waals surface area contributed by atoms with Crippen LogP contribution in [0, 0.1) is 11.8 Å². The molecule has 0 aromatic heterocycles. The predicted octanol–water partition coefficient (Wildman–Crippen LogP) is 4.85. The Morgan fingerprint density at radius 3 is 2.26 bits per heavy atom. The highest BCUT2D eigenvalue weighted by atomic mass is 16.5. The molecule has 3 fully saturated rings. The third-order valence-corrected chi connectivity index (χ3v) is 10.4. The fourth-order valence-electron chi connectivity index (χ4n) is 8.26. The fourth-order valence-corrected chi connectivity index (χ4v) is 8.26. The number of aliphatic hydroxyl groups excluding tert-OH is 1. The second-order valence-corrected chi connectivity index (χ2v) is 12.9. The number of likely N-dealkylation sites (tertiary alicyclic amines) is 1. The molecular weight excluding hydrogens is 578 g/mol. The molecule has 3 heterocycles. The van der Waals surface area contributed by atoms with Gasteiger partial charge in [-0.05, 0) is 59.7 Å². The Hall–Kier alpha value is -4.53. The molecule has 2 bridgehead atoms. The molecule has 8 heteroatoms. The van der Waals surface area contributed by atoms with Crippen molar-refractivity contribution in [2.45, 2.75) is 62.4 Å². The largest absolute Gasteiger partial charge is 0.394 e. The summed E-state index contributed by atoms with van der Waals surface area (Å²) in [5, 5.41) is 18.9. The first-order valence-electron chi connectivity index (χ1n) is 16.2. The maximum absolute atomic E-state index is 14.7. The lowest BCUT2D eigenvalue weighted by molar-refractivity contribution is -0.149. The van der Waals surface area contributed by atoms with Gasteiger partial charge in [0.2, 0.25) is 17.7 Å². The van der Waals surface area contributed by atoms with E-state index in [1.165, 1.54) is 4.90 Å². The molecule has 0 aliphatic carbocycles. The van der Waals surface area contributed by atoms with Crippen molar-refractivity contribution in [2.24, 2.45) is 11.8 Å². The van der Waals surface area contributed by atoms with Crippen molar-refractivity contribution in [3.8, 4) is 0 Å². The highest BCUT2D eigenvalue weighted by Gasteiger charge is 2.79. The van der Waals surface area contributed by atoms with Crippen LogP contribution < -0.4 is 10.6 Å². The lowest BCUT2D eigenvalue weighted by atomic mass is 9.65. The number of anilines is 1. The summed E-state index contributed by atoms with van der Waals surface area (Å²) in [5.41, 5.74) is 0.435. The van der Waals surface area contributed by atoms with Gasteiger partial charge in [-0.2, -0.15) is 0 Å². The van der Waals surface area contributed by atoms with Gasteiger partial charge in [-0.1, -0.05) is 97.9 Å². The summed E-state index contributed by atoms with van der Waals surface area (Å²) in [7, 11) is 0. The molecule has 4 aromatic carbocycles. The maximum Gasteiger partial charge on any atom is 0.250 e. The summed E-state index contributed by atoms with van der Waals surface area (Å²) in [6.45, 7) is 1.97. The Bertz CT molecular complexity index is 1760. The Labute approximate surface area is 268 Å². The zero-order chi connectivity index (χ0) is 31.9. The summed E-state index contributed by atoms with van der Waals surface area (Å²) in [6, 6.07) is 31.2. The monoisotopic (exact) mass is 617 g/mol. The number of nitrogens with one attached hydrogen (secondary N) is 2. The van der Waals surface area contributed by atoms with Gasteiger partial charge in [0.05, 0.1) is 30.1 Å². The SMILES string of the molecule is CC[C@]12CCC3(O1)C(C(=O)Nc1ccc4ccccc4c1)N([C@@H](CO)Cc1ccccc1)C(=O)[C@@H]3[C@H]2C(=O)NCc1ccccc1. The molecule has 3 N–H and O–H groups in total. The molecule has 8 nitrogen and oxygen atoms in total. The van der Waals surface area contributed by atoms with Gasteiger partial charge in [0, 0.05) is 12.2 Å². The highest BCUT2D eigenvalue weighted by molar-refractivity contribution is 6.04. The summed E-state index contributed by atoms with van der Waals surface area (Å²) in [4.78, 5) is 44.9. The summed E-state index contributed by atoms with van der Waals surface area (Å²) in [5.74, 6) is -2.56. The van der Waals surface area contributed by atoms with Crippen LogP contribution in [0.25, 0.3) is 10.8 Å². The zero-order valence-electron chi connectivity index (χ0n) is 25.9. The van der Waals surface area contributed by atoms with E-state index in [2.05, 4.69) is 10.6 Å². The van der Waals surface area contributed by atoms with Gasteiger partial charge in [-0.3, -0.25) is 14.4 Å². The van der Waals surface area contributed by atoms with Crippen molar-refractivity contribution in [2.75, 3.05) is 11.9 Å². The molecule has 236 valence electrons. The van der Waals surface area contributed by atoms with Crippen molar-refractivity contribution in [1.82, 2.24) is 10.2 Å². The molecule has 4 aromatic rings. The lowest BCUT2D eigenvalue weighted by Crippen LogP contribution is -2.57. The molecule has 6 atom stereocenters. The molecule has 0 saturated carbocycles. The minimum atomic E-state index is -1.20. The zero-order valence-corrected chi connectivity index (χ0v) is 25.9. The van der Waals surface area contributed by atoms with Crippen LogP contribution >= 0.6 is 0 Å². The van der Waals surface area contributed by atoms with Gasteiger partial charge in [0.25, 0.3) is 0 Å². The van der Waals surface area contributed by atoms with Crippen molar-refractivity contribution < 1.29 is 24.2 Å². The second kappa shape index (κ2) is 12.0. The van der Waals surface area contributed by atoms with Gasteiger partial charge < -0.3 is 25.4 Å². The van der Waals surface area contributed by atoms with Crippen molar-refractivity contribution >= 4 is 34.2 Å². The number of amides is 3. The van der Waals surface area contributed by atoms with E-state index >= 15 is 0 Å². The Balaban J connectivity index is 1.26. The fraction of sp³-hybridized carbons (Fsp3) is 0.342. The molecule has 1 spiro atoms. The first-order chi connectivity index (χ1) is 22.4. The van der Waals surface area contributed by atoms with Crippen molar-refractivity contribution in [1.29, 1.82) is 0 Å². The van der Waals surface area contributed by atoms with Gasteiger partial charge >= 0.3 is 0 Å². The molecular formula is C38H39N3O5. The number of nitrogens with zero attached hydrogens (tertiary/aromatic N) is 1. The molecule has 3 aliphatic rings. The van der Waals surface area contributed by atoms with Crippen molar-refractivity contribution in [3.63, 3.8) is 0 Å². The van der Waals surface area contributed by atoms with E-state index in [4.69, 9.17) is 4.74 Å². The minimum absolute atomic E-state index is 0.246. The van der Waals surface area contributed by atoms with Crippen LogP contribution in [-0.2, 0) is 32.1 Å². The molecule has 3 amide bonds. The van der Waals surface area contributed by atoms with Crippen LogP contribution in [0.15, 0.2) is 103 Å². The average Bonchev–Trinajstić information content (AvgIpc) is 3.70. The normalized spacial score (nSPS) is 27.0. The van der Waals surface area contributed by atoms with Crippen LogP contribution in [0.3, 0.4) is 0 Å². The van der Waals surface area contributed by atoms with Crippen molar-refractivity contribution in [3.05, 3.63) is 114 Å². The van der Waals surface area contributed by atoms with Crippen LogP contribution in [-0.4, -0.2) is 57.6 Å². The highest BCUT2D eigenvalue weighted by Crippen LogP contribution is 2.64. The smallest absolute Gasteiger partial charge is 0.250 e. The molecule has 3 saturated heterocycles. The topological polar surface area (TPSA) is 108 Å². The van der Waals surface area contributed by atoms with E-state index in [0.29, 0.717) is 37.9 Å². The van der Waals surface area contributed by atoms with E-state index < -0.39 is 35.1 Å². The number of hydrogen-bond acceptors (Lipinski definition) is 5. The quantitative estimate of drug-likeness (QED) is 0.236. The number of benzene rings is 4. The van der Waals surface area contributed by atoms with Gasteiger partial charge in [-0.15, -0.1) is 0 Å². The number of ether oxygens (including phenoxy) is 1.